The number of carboxylic acid groups (broad SMARTS) is 1. The van der Waals surface area contributed by atoms with Gasteiger partial charge in [0.05, 0.1) is 12.6 Å². The fraction of sp³-hybridized carbons (Fsp3) is 0.667. The quantitative estimate of drug-likeness (QED) is 0.0590. The highest BCUT2D eigenvalue weighted by Gasteiger charge is 2.27. The number of aliphatic carboxylic acids is 1. The largest absolute Gasteiger partial charge is 0.480 e. The lowest BCUT2D eigenvalue weighted by molar-refractivity contribution is -0.141. The molecule has 0 spiro atoms. The number of rotatable bonds is 13. The molecule has 166 valence electrons. The second-order valence-electron chi connectivity index (χ2n) is 6.11. The minimum Gasteiger partial charge on any atom is -0.480 e. The maximum atomic E-state index is 12.2. The summed E-state index contributed by atoms with van der Waals surface area (Å²) in [5.41, 5.74) is 16.1. The molecular weight excluding hydrogens is 406 g/mol. The molecule has 0 aromatic carbocycles. The number of guanidine groups is 1. The van der Waals surface area contributed by atoms with Gasteiger partial charge >= 0.3 is 5.97 Å². The van der Waals surface area contributed by atoms with Crippen LogP contribution in [0.3, 0.4) is 0 Å². The number of aliphatic imine (C=N–C) groups is 1. The molecule has 4 atom stereocenters. The number of carbonyl (C=O) groups excluding carboxylic acids is 3. The van der Waals surface area contributed by atoms with Gasteiger partial charge in [0.1, 0.15) is 18.1 Å². The highest BCUT2D eigenvalue weighted by Crippen LogP contribution is 1.97. The topological polar surface area (TPSA) is 235 Å². The number of nitrogens with zero attached hydrogens (tertiary/aromatic N) is 1. The van der Waals surface area contributed by atoms with Crippen molar-refractivity contribution in [3.8, 4) is 0 Å². The Labute approximate surface area is 173 Å². The number of nitrogens with one attached hydrogen (secondary N) is 3. The number of hydrogen-bond acceptors (Lipinski definition) is 8. The summed E-state index contributed by atoms with van der Waals surface area (Å²) in [5, 5.41) is 25.0. The normalized spacial score (nSPS) is 14.6. The maximum Gasteiger partial charge on any atom is 0.327 e. The Bertz CT molecular complexity index is 614. The number of hydrogen-bond donors (Lipinski definition) is 9. The monoisotopic (exact) mass is 435 g/mol. The molecule has 14 heteroatoms. The summed E-state index contributed by atoms with van der Waals surface area (Å²) in [4.78, 5) is 50.9. The lowest BCUT2D eigenvalue weighted by Gasteiger charge is -2.22. The molecule has 0 fully saturated rings. The zero-order valence-electron chi connectivity index (χ0n) is 16.0. The molecule has 0 aliphatic heterocycles. The molecule has 0 heterocycles. The summed E-state index contributed by atoms with van der Waals surface area (Å²) in [5.74, 6) is -3.83. The number of carbonyl (C=O) groups is 4. The molecule has 0 saturated heterocycles. The van der Waals surface area contributed by atoms with Crippen molar-refractivity contribution in [2.24, 2.45) is 22.2 Å². The van der Waals surface area contributed by atoms with Gasteiger partial charge in [0.2, 0.25) is 17.7 Å². The molecule has 0 saturated carbocycles. The highest BCUT2D eigenvalue weighted by atomic mass is 32.1. The van der Waals surface area contributed by atoms with E-state index in [4.69, 9.17) is 22.3 Å². The van der Waals surface area contributed by atoms with Crippen LogP contribution >= 0.6 is 12.6 Å². The van der Waals surface area contributed by atoms with Gasteiger partial charge in [-0.25, -0.2) is 4.79 Å². The van der Waals surface area contributed by atoms with Gasteiger partial charge in [-0.1, -0.05) is 0 Å². The summed E-state index contributed by atoms with van der Waals surface area (Å²) in [7, 11) is 0. The molecule has 0 rings (SSSR count). The average molecular weight is 436 g/mol. The lowest BCUT2D eigenvalue weighted by atomic mass is 10.1. The fourth-order valence-corrected chi connectivity index (χ4v) is 2.23. The smallest absolute Gasteiger partial charge is 0.327 e. The van der Waals surface area contributed by atoms with E-state index in [9.17, 15) is 24.3 Å². The summed E-state index contributed by atoms with van der Waals surface area (Å²) in [6.07, 6.45) is 0.731. The van der Waals surface area contributed by atoms with Crippen molar-refractivity contribution in [1.82, 2.24) is 16.0 Å². The van der Waals surface area contributed by atoms with Crippen LogP contribution in [0.2, 0.25) is 0 Å². The summed E-state index contributed by atoms with van der Waals surface area (Å²) in [6, 6.07) is -4.65. The molecule has 0 radical (unpaired) electrons. The van der Waals surface area contributed by atoms with Gasteiger partial charge < -0.3 is 43.4 Å². The van der Waals surface area contributed by atoms with Crippen molar-refractivity contribution < 1.29 is 29.4 Å². The first-order valence-electron chi connectivity index (χ1n) is 8.70. The molecular formula is C15H29N7O6S. The number of amides is 3. The second kappa shape index (κ2) is 13.6. The SMILES string of the molecule is CC(NC(=O)C(N)CCCN=C(N)N)C(=O)NC(CO)C(=O)NC(CS)C(=O)O. The van der Waals surface area contributed by atoms with Crippen LogP contribution in [0.25, 0.3) is 0 Å². The van der Waals surface area contributed by atoms with Crippen molar-refractivity contribution in [3.05, 3.63) is 0 Å². The minimum atomic E-state index is -1.41. The first-order chi connectivity index (χ1) is 13.5. The van der Waals surface area contributed by atoms with Crippen LogP contribution in [0.1, 0.15) is 19.8 Å². The third-order valence-electron chi connectivity index (χ3n) is 3.67. The molecule has 0 aromatic heterocycles. The number of aliphatic hydroxyl groups excluding tert-OH is 1. The van der Waals surface area contributed by atoms with Crippen molar-refractivity contribution in [2.45, 2.75) is 43.9 Å². The number of aliphatic hydroxyl groups is 1. The van der Waals surface area contributed by atoms with Crippen LogP contribution in [0.5, 0.6) is 0 Å². The molecule has 4 unspecified atom stereocenters. The first kappa shape index (κ1) is 26.4. The third-order valence-corrected chi connectivity index (χ3v) is 4.03. The zero-order chi connectivity index (χ0) is 22.6. The van der Waals surface area contributed by atoms with Crippen LogP contribution in [-0.2, 0) is 19.2 Å². The van der Waals surface area contributed by atoms with Gasteiger partial charge in [-0.3, -0.25) is 19.4 Å². The maximum absolute atomic E-state index is 12.2. The van der Waals surface area contributed by atoms with E-state index in [2.05, 4.69) is 33.6 Å². The molecule has 0 aliphatic carbocycles. The van der Waals surface area contributed by atoms with Crippen molar-refractivity contribution in [3.63, 3.8) is 0 Å². The van der Waals surface area contributed by atoms with Crippen LogP contribution in [0.4, 0.5) is 0 Å². The zero-order valence-corrected chi connectivity index (χ0v) is 16.9. The van der Waals surface area contributed by atoms with E-state index in [-0.39, 0.29) is 18.1 Å². The average Bonchev–Trinajstić information content (AvgIpc) is 2.66. The van der Waals surface area contributed by atoms with Crippen LogP contribution in [-0.4, -0.2) is 82.9 Å². The van der Waals surface area contributed by atoms with E-state index >= 15 is 0 Å². The van der Waals surface area contributed by atoms with E-state index in [0.717, 1.165) is 0 Å². The van der Waals surface area contributed by atoms with Gasteiger partial charge in [-0.05, 0) is 19.8 Å². The standard InChI is InChI=1S/C15H29N7O6S/c1-7(20-12(25)8(16)3-2-4-19-15(17)18)11(24)21-9(5-23)13(26)22-10(6-29)14(27)28/h7-10,23,29H,2-6,16H2,1H3,(H,20,25)(H,21,24)(H,22,26)(H,27,28)(H4,17,18,19). The molecule has 0 aliphatic rings. The van der Waals surface area contributed by atoms with Crippen LogP contribution < -0.4 is 33.2 Å². The lowest BCUT2D eigenvalue weighted by Crippen LogP contribution is -2.57. The summed E-state index contributed by atoms with van der Waals surface area (Å²) >= 11 is 3.80. The van der Waals surface area contributed by atoms with E-state index < -0.39 is 54.5 Å². The Morgan fingerprint density at radius 2 is 1.62 bits per heavy atom. The molecule has 0 aromatic rings. The van der Waals surface area contributed by atoms with E-state index in [1.54, 1.807) is 0 Å². The first-order valence-corrected chi connectivity index (χ1v) is 9.33. The fourth-order valence-electron chi connectivity index (χ4n) is 1.99. The highest BCUT2D eigenvalue weighted by molar-refractivity contribution is 7.80. The van der Waals surface area contributed by atoms with Gasteiger partial charge in [0, 0.05) is 12.3 Å². The van der Waals surface area contributed by atoms with Crippen molar-refractivity contribution in [2.75, 3.05) is 18.9 Å². The molecule has 13 nitrogen and oxygen atoms in total. The summed E-state index contributed by atoms with van der Waals surface area (Å²) < 4.78 is 0. The predicted molar refractivity (Wildman–Crippen MR) is 108 cm³/mol. The molecule has 11 N–H and O–H groups in total. The van der Waals surface area contributed by atoms with Crippen LogP contribution in [0.15, 0.2) is 4.99 Å². The Kier molecular flexibility index (Phi) is 12.4. The van der Waals surface area contributed by atoms with Gasteiger partial charge in [-0.15, -0.1) is 0 Å². The molecule has 29 heavy (non-hydrogen) atoms. The number of nitrogens with two attached hydrogens (primary N) is 3. The Morgan fingerprint density at radius 3 is 2.10 bits per heavy atom. The number of carboxylic acids is 1. The number of thiol groups is 1. The Balaban J connectivity index is 4.61. The van der Waals surface area contributed by atoms with Crippen molar-refractivity contribution >= 4 is 42.3 Å². The second-order valence-corrected chi connectivity index (χ2v) is 6.48. The van der Waals surface area contributed by atoms with E-state index in [1.165, 1.54) is 6.92 Å². The predicted octanol–water partition coefficient (Wildman–Crippen LogP) is -4.15. The molecule has 3 amide bonds. The van der Waals surface area contributed by atoms with E-state index in [1.807, 2.05) is 0 Å². The minimum absolute atomic E-state index is 0.0696. The molecule has 0 bridgehead atoms. The van der Waals surface area contributed by atoms with Gasteiger partial charge in [0.15, 0.2) is 5.96 Å². The summed E-state index contributed by atoms with van der Waals surface area (Å²) in [6.45, 7) is 0.886. The van der Waals surface area contributed by atoms with E-state index in [0.29, 0.717) is 13.0 Å². The van der Waals surface area contributed by atoms with Gasteiger partial charge in [-0.2, -0.15) is 12.6 Å². The Hall–Kier alpha value is -2.58. The van der Waals surface area contributed by atoms with Crippen molar-refractivity contribution in [1.29, 1.82) is 0 Å². The van der Waals surface area contributed by atoms with Crippen LogP contribution in [0, 0.1) is 0 Å². The third kappa shape index (κ3) is 10.5. The Morgan fingerprint density at radius 1 is 1.03 bits per heavy atom. The van der Waals surface area contributed by atoms with Gasteiger partial charge in [0.25, 0.3) is 0 Å².